The molecule has 2 aromatic heterocycles. The second-order valence-corrected chi connectivity index (χ2v) is 7.66. The molecule has 1 aromatic carbocycles. The van der Waals surface area contributed by atoms with Crippen molar-refractivity contribution in [1.29, 1.82) is 0 Å². The van der Waals surface area contributed by atoms with E-state index >= 15 is 0 Å². The Bertz CT molecular complexity index is 1110. The Labute approximate surface area is 185 Å². The average Bonchev–Trinajstić information content (AvgIpc) is 3.25. The minimum absolute atomic E-state index is 0.0115. The van der Waals surface area contributed by atoms with Gasteiger partial charge in [-0.05, 0) is 57.3 Å². The molecule has 3 aromatic rings. The predicted molar refractivity (Wildman–Crippen MR) is 122 cm³/mol. The van der Waals surface area contributed by atoms with Gasteiger partial charge < -0.3 is 20.9 Å². The molecule has 0 bridgehead atoms. The van der Waals surface area contributed by atoms with E-state index in [4.69, 9.17) is 0 Å². The summed E-state index contributed by atoms with van der Waals surface area (Å²) in [6.45, 7) is 5.51. The maximum absolute atomic E-state index is 14.3. The first kappa shape index (κ1) is 21.4. The number of benzene rings is 1. The third-order valence-corrected chi connectivity index (χ3v) is 5.24. The molecule has 0 unspecified atom stereocenters. The number of aromatic nitrogens is 4. The molecule has 0 atom stereocenters. The highest BCUT2D eigenvalue weighted by molar-refractivity contribution is 5.99. The molecule has 0 saturated carbocycles. The van der Waals surface area contributed by atoms with Gasteiger partial charge in [-0.1, -0.05) is 12.6 Å². The molecule has 1 aliphatic heterocycles. The lowest BCUT2D eigenvalue weighted by atomic mass is 10.1. The Kier molecular flexibility index (Phi) is 6.41. The molecule has 4 rings (SSSR count). The summed E-state index contributed by atoms with van der Waals surface area (Å²) in [5.74, 6) is -0.675. The van der Waals surface area contributed by atoms with E-state index in [1.807, 2.05) is 10.9 Å². The van der Waals surface area contributed by atoms with Gasteiger partial charge in [-0.3, -0.25) is 9.48 Å². The van der Waals surface area contributed by atoms with Crippen LogP contribution in [-0.4, -0.2) is 50.7 Å². The van der Waals surface area contributed by atoms with E-state index in [2.05, 4.69) is 49.5 Å². The number of hydrogen-bond acceptors (Lipinski definition) is 7. The molecule has 1 fully saturated rings. The number of nitrogens with zero attached hydrogens (tertiary/aromatic N) is 5. The Balaban J connectivity index is 1.45. The molecule has 3 heterocycles. The highest BCUT2D eigenvalue weighted by Gasteiger charge is 2.19. The zero-order valence-electron chi connectivity index (χ0n) is 17.8. The SMILES string of the molecule is C=CC(=O)Nc1cccc(Nc2nc(Nc3cnn(C4CCN(C)CC4)c3)ncc2F)c1. The van der Waals surface area contributed by atoms with Crippen LogP contribution in [0.1, 0.15) is 18.9 Å². The third-order valence-electron chi connectivity index (χ3n) is 5.24. The molecule has 1 amide bonds. The number of carbonyl (C=O) groups is 1. The van der Waals surface area contributed by atoms with Gasteiger partial charge in [0.05, 0.1) is 24.1 Å². The molecule has 3 N–H and O–H groups in total. The lowest BCUT2D eigenvalue weighted by Crippen LogP contribution is -2.31. The van der Waals surface area contributed by atoms with Gasteiger partial charge in [0.25, 0.3) is 0 Å². The van der Waals surface area contributed by atoms with Crippen LogP contribution in [-0.2, 0) is 4.79 Å². The summed E-state index contributed by atoms with van der Waals surface area (Å²) >= 11 is 0. The summed E-state index contributed by atoms with van der Waals surface area (Å²) in [6, 6.07) is 7.22. The molecule has 0 radical (unpaired) electrons. The second-order valence-electron chi connectivity index (χ2n) is 7.66. The molecule has 9 nitrogen and oxygen atoms in total. The number of hydrogen-bond donors (Lipinski definition) is 3. The zero-order valence-corrected chi connectivity index (χ0v) is 17.8. The summed E-state index contributed by atoms with van der Waals surface area (Å²) in [6.07, 6.45) is 8.00. The van der Waals surface area contributed by atoms with E-state index in [0.29, 0.717) is 17.4 Å². The molecular formula is C22H25FN8O. The zero-order chi connectivity index (χ0) is 22.5. The Morgan fingerprint density at radius 1 is 1.19 bits per heavy atom. The lowest BCUT2D eigenvalue weighted by Gasteiger charge is -2.28. The minimum atomic E-state index is -0.599. The van der Waals surface area contributed by atoms with E-state index in [-0.39, 0.29) is 17.7 Å². The van der Waals surface area contributed by atoms with Crippen LogP contribution in [0.4, 0.5) is 33.2 Å². The van der Waals surface area contributed by atoms with Crippen molar-refractivity contribution in [2.24, 2.45) is 0 Å². The van der Waals surface area contributed by atoms with Gasteiger partial charge in [0, 0.05) is 17.6 Å². The summed E-state index contributed by atoms with van der Waals surface area (Å²) in [4.78, 5) is 22.1. The molecule has 32 heavy (non-hydrogen) atoms. The Hall–Kier alpha value is -3.79. The van der Waals surface area contributed by atoms with E-state index < -0.39 is 5.82 Å². The van der Waals surface area contributed by atoms with Crippen LogP contribution in [0, 0.1) is 5.82 Å². The maximum atomic E-state index is 14.3. The van der Waals surface area contributed by atoms with Gasteiger partial charge in [0.1, 0.15) is 0 Å². The van der Waals surface area contributed by atoms with Crippen molar-refractivity contribution in [3.05, 3.63) is 61.3 Å². The minimum Gasteiger partial charge on any atom is -0.338 e. The summed E-state index contributed by atoms with van der Waals surface area (Å²) in [7, 11) is 2.12. The highest BCUT2D eigenvalue weighted by Crippen LogP contribution is 2.25. The van der Waals surface area contributed by atoms with Crippen molar-refractivity contribution in [3.63, 3.8) is 0 Å². The van der Waals surface area contributed by atoms with Crippen molar-refractivity contribution in [3.8, 4) is 0 Å². The number of amides is 1. The van der Waals surface area contributed by atoms with E-state index in [9.17, 15) is 9.18 Å². The van der Waals surface area contributed by atoms with Crippen LogP contribution in [0.25, 0.3) is 0 Å². The molecule has 10 heteroatoms. The van der Waals surface area contributed by atoms with Crippen molar-refractivity contribution in [2.75, 3.05) is 36.1 Å². The first-order chi connectivity index (χ1) is 15.5. The smallest absolute Gasteiger partial charge is 0.247 e. The molecule has 1 saturated heterocycles. The molecule has 0 aliphatic carbocycles. The Morgan fingerprint density at radius 3 is 2.75 bits per heavy atom. The van der Waals surface area contributed by atoms with Gasteiger partial charge in [-0.15, -0.1) is 0 Å². The number of anilines is 5. The van der Waals surface area contributed by atoms with Gasteiger partial charge in [0.2, 0.25) is 11.9 Å². The quantitative estimate of drug-likeness (QED) is 0.486. The molecular weight excluding hydrogens is 411 g/mol. The fraction of sp³-hybridized carbons (Fsp3) is 0.273. The van der Waals surface area contributed by atoms with Crippen molar-refractivity contribution < 1.29 is 9.18 Å². The fourth-order valence-electron chi connectivity index (χ4n) is 3.51. The van der Waals surface area contributed by atoms with Crippen LogP contribution < -0.4 is 16.0 Å². The number of likely N-dealkylation sites (tertiary alicyclic amines) is 1. The van der Waals surface area contributed by atoms with Crippen LogP contribution >= 0.6 is 0 Å². The van der Waals surface area contributed by atoms with Gasteiger partial charge in [-0.25, -0.2) is 9.37 Å². The standard InChI is InChI=1S/C22H25FN8O/c1-3-20(32)26-15-5-4-6-16(11-15)27-21-19(23)13-24-22(29-21)28-17-12-25-31(14-17)18-7-9-30(2)10-8-18/h3-6,11-14,18H,1,7-10H2,2H3,(H,26,32)(H2,24,27,28,29). The molecule has 1 aliphatic rings. The topological polar surface area (TPSA) is 100 Å². The normalized spacial score (nSPS) is 14.7. The number of carbonyl (C=O) groups excluding carboxylic acids is 1. The monoisotopic (exact) mass is 436 g/mol. The lowest BCUT2D eigenvalue weighted by molar-refractivity contribution is -0.111. The van der Waals surface area contributed by atoms with Crippen LogP contribution in [0.5, 0.6) is 0 Å². The third kappa shape index (κ3) is 5.27. The predicted octanol–water partition coefficient (Wildman–Crippen LogP) is 3.69. The number of rotatable bonds is 7. The largest absolute Gasteiger partial charge is 0.338 e. The van der Waals surface area contributed by atoms with E-state index in [1.54, 1.807) is 30.5 Å². The van der Waals surface area contributed by atoms with Gasteiger partial charge in [-0.2, -0.15) is 10.1 Å². The van der Waals surface area contributed by atoms with E-state index in [1.165, 1.54) is 6.08 Å². The second kappa shape index (κ2) is 9.56. The number of piperidine rings is 1. The van der Waals surface area contributed by atoms with Crippen molar-refractivity contribution >= 4 is 34.7 Å². The molecule has 0 spiro atoms. The first-order valence-corrected chi connectivity index (χ1v) is 10.3. The average molecular weight is 436 g/mol. The summed E-state index contributed by atoms with van der Waals surface area (Å²) in [5.41, 5.74) is 1.84. The van der Waals surface area contributed by atoms with Gasteiger partial charge >= 0.3 is 0 Å². The van der Waals surface area contributed by atoms with E-state index in [0.717, 1.165) is 37.8 Å². The highest BCUT2D eigenvalue weighted by atomic mass is 19.1. The number of nitrogens with one attached hydrogen (secondary N) is 3. The van der Waals surface area contributed by atoms with Crippen LogP contribution in [0.15, 0.2) is 55.5 Å². The number of halogens is 1. The van der Waals surface area contributed by atoms with Gasteiger partial charge in [0.15, 0.2) is 11.6 Å². The fourth-order valence-corrected chi connectivity index (χ4v) is 3.51. The summed E-state index contributed by atoms with van der Waals surface area (Å²) < 4.78 is 16.3. The first-order valence-electron chi connectivity index (χ1n) is 10.3. The van der Waals surface area contributed by atoms with Crippen LogP contribution in [0.3, 0.4) is 0 Å². The van der Waals surface area contributed by atoms with Crippen LogP contribution in [0.2, 0.25) is 0 Å². The maximum Gasteiger partial charge on any atom is 0.247 e. The van der Waals surface area contributed by atoms with Crippen molar-refractivity contribution in [1.82, 2.24) is 24.6 Å². The summed E-state index contributed by atoms with van der Waals surface area (Å²) in [5, 5.41) is 13.1. The Morgan fingerprint density at radius 2 is 1.97 bits per heavy atom. The molecule has 166 valence electrons. The van der Waals surface area contributed by atoms with Crippen molar-refractivity contribution in [2.45, 2.75) is 18.9 Å².